The Bertz CT molecular complexity index is 679. The fourth-order valence-corrected chi connectivity index (χ4v) is 3.48. The molecule has 9 heteroatoms. The number of hydrogen-bond acceptors (Lipinski definition) is 5. The molecule has 24 heavy (non-hydrogen) atoms. The molecular weight excluding hydrogens is 354 g/mol. The van der Waals surface area contributed by atoms with Crippen LogP contribution in [0.4, 0.5) is 0 Å². The lowest BCUT2D eigenvalue weighted by molar-refractivity contribution is -0.120. The van der Waals surface area contributed by atoms with E-state index in [4.69, 9.17) is 27.8 Å². The molecule has 0 aliphatic carbocycles. The van der Waals surface area contributed by atoms with Crippen molar-refractivity contribution < 1.29 is 17.9 Å². The maximum Gasteiger partial charge on any atom is 0.255 e. The van der Waals surface area contributed by atoms with Crippen LogP contribution in [0.2, 0.25) is 5.02 Å². The Balaban J connectivity index is 3.03. The largest absolute Gasteiger partial charge is 0.482 e. The van der Waals surface area contributed by atoms with Crippen LogP contribution in [0.15, 0.2) is 23.1 Å². The van der Waals surface area contributed by atoms with E-state index in [9.17, 15) is 13.2 Å². The first-order valence-electron chi connectivity index (χ1n) is 7.48. The van der Waals surface area contributed by atoms with Crippen LogP contribution < -0.4 is 16.2 Å². The summed E-state index contributed by atoms with van der Waals surface area (Å²) < 4.78 is 31.9. The molecule has 1 aromatic rings. The highest BCUT2D eigenvalue weighted by molar-refractivity contribution is 7.89. The predicted octanol–water partition coefficient (Wildman–Crippen LogP) is 1.20. The van der Waals surface area contributed by atoms with Crippen LogP contribution in [0.25, 0.3) is 0 Å². The van der Waals surface area contributed by atoms with Gasteiger partial charge in [0.2, 0.25) is 10.0 Å². The van der Waals surface area contributed by atoms with E-state index in [2.05, 4.69) is 0 Å². The fraction of sp³-hybridized carbons (Fsp3) is 0.533. The minimum absolute atomic E-state index is 0.0261. The van der Waals surface area contributed by atoms with E-state index in [0.717, 1.165) is 0 Å². The summed E-state index contributed by atoms with van der Waals surface area (Å²) in [5, 5.41) is 0.243. The Morgan fingerprint density at radius 3 is 2.54 bits per heavy atom. The Kier molecular flexibility index (Phi) is 7.47. The molecule has 0 saturated heterocycles. The minimum atomic E-state index is -3.85. The van der Waals surface area contributed by atoms with Crippen molar-refractivity contribution >= 4 is 27.5 Å². The van der Waals surface area contributed by atoms with Gasteiger partial charge in [0.1, 0.15) is 10.6 Å². The molecule has 1 rings (SSSR count). The number of rotatable bonds is 9. The number of halogens is 1. The third-order valence-corrected chi connectivity index (χ3v) is 5.71. The number of ether oxygens (including phenoxy) is 1. The van der Waals surface area contributed by atoms with Crippen molar-refractivity contribution in [2.45, 2.75) is 31.2 Å². The van der Waals surface area contributed by atoms with Gasteiger partial charge in [0.25, 0.3) is 5.91 Å². The van der Waals surface area contributed by atoms with Gasteiger partial charge in [0.15, 0.2) is 6.61 Å². The minimum Gasteiger partial charge on any atom is -0.482 e. The first-order chi connectivity index (χ1) is 11.1. The van der Waals surface area contributed by atoms with Gasteiger partial charge >= 0.3 is 0 Å². The lowest BCUT2D eigenvalue weighted by Crippen LogP contribution is -2.35. The molecule has 0 aliphatic heterocycles. The second-order valence-corrected chi connectivity index (χ2v) is 8.32. The molecule has 0 aliphatic rings. The normalized spacial score (nSPS) is 13.3. The molecule has 0 saturated carbocycles. The average molecular weight is 378 g/mol. The summed E-state index contributed by atoms with van der Waals surface area (Å²) in [5.41, 5.74) is 11.0. The summed E-state index contributed by atoms with van der Waals surface area (Å²) in [6.45, 7) is 3.79. The highest BCUT2D eigenvalue weighted by Crippen LogP contribution is 2.29. The summed E-state index contributed by atoms with van der Waals surface area (Å²) in [7, 11) is -2.39. The smallest absolute Gasteiger partial charge is 0.255 e. The molecule has 1 unspecified atom stereocenters. The summed E-state index contributed by atoms with van der Waals surface area (Å²) in [5.74, 6) is -0.426. The van der Waals surface area contributed by atoms with E-state index in [1.807, 2.05) is 13.8 Å². The van der Waals surface area contributed by atoms with Gasteiger partial charge in [-0.3, -0.25) is 4.79 Å². The number of amides is 1. The number of carbonyl (C=O) groups excluding carboxylic acids is 1. The Hall–Kier alpha value is -1.35. The molecule has 1 atom stereocenters. The first-order valence-corrected chi connectivity index (χ1v) is 9.30. The number of sulfonamides is 1. The van der Waals surface area contributed by atoms with Crippen LogP contribution >= 0.6 is 11.6 Å². The molecule has 4 N–H and O–H groups in total. The Labute approximate surface area is 147 Å². The zero-order valence-electron chi connectivity index (χ0n) is 14.0. The molecule has 1 aromatic carbocycles. The van der Waals surface area contributed by atoms with Crippen molar-refractivity contribution in [3.05, 3.63) is 23.2 Å². The van der Waals surface area contributed by atoms with Gasteiger partial charge in [-0.15, -0.1) is 0 Å². The summed E-state index contributed by atoms with van der Waals surface area (Å²) in [6.07, 6.45) is 0.519. The molecule has 0 bridgehead atoms. The average Bonchev–Trinajstić information content (AvgIpc) is 2.50. The van der Waals surface area contributed by atoms with Crippen LogP contribution in [-0.4, -0.2) is 44.9 Å². The van der Waals surface area contributed by atoms with Gasteiger partial charge in [0, 0.05) is 24.7 Å². The van der Waals surface area contributed by atoms with E-state index in [0.29, 0.717) is 6.42 Å². The molecule has 0 radical (unpaired) electrons. The van der Waals surface area contributed by atoms with Gasteiger partial charge in [0.05, 0.1) is 0 Å². The van der Waals surface area contributed by atoms with Crippen molar-refractivity contribution in [1.82, 2.24) is 4.31 Å². The third kappa shape index (κ3) is 5.62. The summed E-state index contributed by atoms with van der Waals surface area (Å²) in [6, 6.07) is 4.05. The van der Waals surface area contributed by atoms with Crippen molar-refractivity contribution in [1.29, 1.82) is 0 Å². The molecule has 0 aromatic heterocycles. The maximum atomic E-state index is 12.8. The van der Waals surface area contributed by atoms with Crippen molar-refractivity contribution in [3.63, 3.8) is 0 Å². The predicted molar refractivity (Wildman–Crippen MR) is 93.4 cm³/mol. The van der Waals surface area contributed by atoms with Crippen LogP contribution in [0.3, 0.4) is 0 Å². The highest BCUT2D eigenvalue weighted by Gasteiger charge is 2.26. The summed E-state index contributed by atoms with van der Waals surface area (Å²) in [4.78, 5) is 10.8. The van der Waals surface area contributed by atoms with E-state index >= 15 is 0 Å². The topological polar surface area (TPSA) is 116 Å². The number of carbonyl (C=O) groups is 1. The van der Waals surface area contributed by atoms with Crippen molar-refractivity contribution in [2.24, 2.45) is 17.4 Å². The molecule has 136 valence electrons. The summed E-state index contributed by atoms with van der Waals surface area (Å²) >= 11 is 5.91. The lowest BCUT2D eigenvalue weighted by atomic mass is 10.0. The van der Waals surface area contributed by atoms with Crippen LogP contribution in [-0.2, 0) is 14.8 Å². The van der Waals surface area contributed by atoms with Gasteiger partial charge in [-0.25, -0.2) is 12.7 Å². The molecule has 7 nitrogen and oxygen atoms in total. The van der Waals surface area contributed by atoms with Gasteiger partial charge < -0.3 is 16.2 Å². The van der Waals surface area contributed by atoms with Gasteiger partial charge in [-0.2, -0.15) is 0 Å². The van der Waals surface area contributed by atoms with Crippen LogP contribution in [0.1, 0.15) is 20.3 Å². The van der Waals surface area contributed by atoms with E-state index in [1.165, 1.54) is 29.6 Å². The lowest BCUT2D eigenvalue weighted by Gasteiger charge is -2.22. The van der Waals surface area contributed by atoms with Crippen molar-refractivity contribution in [3.8, 4) is 5.75 Å². The second-order valence-electron chi connectivity index (χ2n) is 5.87. The number of nitrogens with two attached hydrogens (primary N) is 2. The quantitative estimate of drug-likeness (QED) is 0.670. The van der Waals surface area contributed by atoms with E-state index in [1.54, 1.807) is 0 Å². The highest BCUT2D eigenvalue weighted by atomic mass is 35.5. The Morgan fingerprint density at radius 2 is 2.00 bits per heavy atom. The van der Waals surface area contributed by atoms with Crippen LogP contribution in [0, 0.1) is 5.92 Å². The third-order valence-electron chi connectivity index (χ3n) is 3.60. The monoisotopic (exact) mass is 377 g/mol. The molecule has 0 heterocycles. The number of nitrogens with zero attached hydrogens (tertiary/aromatic N) is 1. The first kappa shape index (κ1) is 20.7. The molecular formula is C15H24ClN3O4S. The number of hydrogen-bond donors (Lipinski definition) is 2. The maximum absolute atomic E-state index is 12.8. The second kappa shape index (κ2) is 8.66. The van der Waals surface area contributed by atoms with Gasteiger partial charge in [-0.1, -0.05) is 25.4 Å². The van der Waals surface area contributed by atoms with Crippen molar-refractivity contribution in [2.75, 3.05) is 20.2 Å². The van der Waals surface area contributed by atoms with Gasteiger partial charge in [-0.05, 0) is 30.5 Å². The number of benzene rings is 1. The zero-order chi connectivity index (χ0) is 18.5. The fourth-order valence-electron chi connectivity index (χ4n) is 1.90. The molecule has 1 amide bonds. The van der Waals surface area contributed by atoms with E-state index < -0.39 is 22.5 Å². The number of primary amides is 1. The standard InChI is InChI=1S/C15H24ClN3O4S/c1-10(2)12(17)6-7-19(3)24(21,22)14-8-11(16)4-5-13(14)23-9-15(18)20/h4-5,8,10,12H,6-7,9,17H2,1-3H3,(H2,18,20). The zero-order valence-corrected chi connectivity index (χ0v) is 15.6. The Morgan fingerprint density at radius 1 is 1.38 bits per heavy atom. The van der Waals surface area contributed by atoms with Crippen LogP contribution in [0.5, 0.6) is 5.75 Å². The SMILES string of the molecule is CC(C)C(N)CCN(C)S(=O)(=O)c1cc(Cl)ccc1OCC(N)=O. The van der Waals surface area contributed by atoms with E-state index in [-0.39, 0.29) is 34.2 Å². The molecule has 0 fully saturated rings. The molecule has 0 spiro atoms.